The molecule has 0 aliphatic carbocycles. The van der Waals surface area contributed by atoms with Crippen molar-refractivity contribution in [1.82, 2.24) is 9.97 Å². The molecule has 0 spiro atoms. The van der Waals surface area contributed by atoms with Gasteiger partial charge in [0.1, 0.15) is 5.69 Å². The van der Waals surface area contributed by atoms with Crippen LogP contribution >= 0.6 is 0 Å². The number of carbonyl (C=O) groups is 1. The quantitative estimate of drug-likeness (QED) is 0.721. The van der Waals surface area contributed by atoms with Crippen molar-refractivity contribution in [2.75, 3.05) is 12.4 Å². The van der Waals surface area contributed by atoms with Gasteiger partial charge in [0.05, 0.1) is 31.1 Å². The molecule has 0 unspecified atom stereocenters. The van der Waals surface area contributed by atoms with Gasteiger partial charge in [0, 0.05) is 11.1 Å². The lowest BCUT2D eigenvalue weighted by molar-refractivity contribution is 0.0594. The number of hydrogen-bond donors (Lipinski definition) is 2. The molecule has 3 aromatic rings. The normalized spacial score (nSPS) is 10.5. The number of hydrogen-bond acceptors (Lipinski definition) is 4. The van der Waals surface area contributed by atoms with E-state index in [4.69, 9.17) is 0 Å². The molecule has 0 aliphatic rings. The van der Waals surface area contributed by atoms with E-state index in [1.165, 1.54) is 7.11 Å². The molecule has 1 aromatic carbocycles. The average molecular weight is 281 g/mol. The molecular weight excluding hydrogens is 266 g/mol. The van der Waals surface area contributed by atoms with Crippen molar-refractivity contribution in [3.05, 3.63) is 60.0 Å². The molecule has 5 heteroatoms. The minimum atomic E-state index is -0.367. The second-order valence-corrected chi connectivity index (χ2v) is 4.66. The number of pyridine rings is 1. The summed E-state index contributed by atoms with van der Waals surface area (Å²) < 4.78 is 4.66. The molecule has 0 fully saturated rings. The minimum absolute atomic E-state index is 0.367. The monoisotopic (exact) mass is 281 g/mol. The first-order valence-corrected chi connectivity index (χ1v) is 6.61. The zero-order valence-corrected chi connectivity index (χ0v) is 11.6. The number of aromatic nitrogens is 2. The Morgan fingerprint density at radius 2 is 2.14 bits per heavy atom. The Kier molecular flexibility index (Phi) is 3.55. The number of anilines is 1. The Bertz CT molecular complexity index is 780. The number of benzene rings is 1. The Hall–Kier alpha value is -2.82. The number of esters is 1. The van der Waals surface area contributed by atoms with E-state index in [-0.39, 0.29) is 5.97 Å². The van der Waals surface area contributed by atoms with Gasteiger partial charge in [-0.3, -0.25) is 4.98 Å². The molecule has 5 nitrogen and oxygen atoms in total. The molecule has 2 aromatic heterocycles. The molecule has 0 atom stereocenters. The molecule has 2 heterocycles. The number of methoxy groups -OCH3 is 1. The van der Waals surface area contributed by atoms with E-state index >= 15 is 0 Å². The number of para-hydroxylation sites is 1. The third kappa shape index (κ3) is 2.86. The largest absolute Gasteiger partial charge is 0.464 e. The smallest absolute Gasteiger partial charge is 0.354 e. The molecule has 0 saturated heterocycles. The Morgan fingerprint density at radius 1 is 1.29 bits per heavy atom. The highest BCUT2D eigenvalue weighted by molar-refractivity contribution is 5.87. The molecule has 0 aliphatic heterocycles. The van der Waals surface area contributed by atoms with Gasteiger partial charge in [-0.25, -0.2) is 4.79 Å². The van der Waals surface area contributed by atoms with Gasteiger partial charge < -0.3 is 15.0 Å². The van der Waals surface area contributed by atoms with E-state index < -0.39 is 0 Å². The molecule has 106 valence electrons. The summed E-state index contributed by atoms with van der Waals surface area (Å²) in [5.41, 5.74) is 3.26. The van der Waals surface area contributed by atoms with E-state index in [0.717, 1.165) is 22.3 Å². The fourth-order valence-electron chi connectivity index (χ4n) is 2.14. The van der Waals surface area contributed by atoms with Crippen LogP contribution in [0.4, 0.5) is 5.69 Å². The van der Waals surface area contributed by atoms with Gasteiger partial charge in [-0.1, -0.05) is 18.2 Å². The maximum Gasteiger partial charge on any atom is 0.354 e. The zero-order chi connectivity index (χ0) is 14.7. The molecule has 0 radical (unpaired) electrons. The predicted molar refractivity (Wildman–Crippen MR) is 81.2 cm³/mol. The number of fused-ring (bicyclic) bond motifs is 1. The van der Waals surface area contributed by atoms with E-state index in [2.05, 4.69) is 20.0 Å². The molecule has 2 N–H and O–H groups in total. The van der Waals surface area contributed by atoms with Crippen LogP contribution in [0.2, 0.25) is 0 Å². The fraction of sp³-hybridized carbons (Fsp3) is 0.125. The van der Waals surface area contributed by atoms with Crippen LogP contribution in [0, 0.1) is 0 Å². The van der Waals surface area contributed by atoms with E-state index in [1.807, 2.05) is 36.4 Å². The third-order valence-corrected chi connectivity index (χ3v) is 3.23. The summed E-state index contributed by atoms with van der Waals surface area (Å²) in [5, 5.41) is 4.36. The summed E-state index contributed by atoms with van der Waals surface area (Å²) in [6.07, 6.45) is 1.80. The molecule has 0 amide bonds. The zero-order valence-electron chi connectivity index (χ0n) is 11.6. The van der Waals surface area contributed by atoms with Gasteiger partial charge in [-0.05, 0) is 24.3 Å². The topological polar surface area (TPSA) is 67.0 Å². The number of nitrogens with zero attached hydrogens (tertiary/aromatic N) is 1. The van der Waals surface area contributed by atoms with Crippen molar-refractivity contribution < 1.29 is 9.53 Å². The van der Waals surface area contributed by atoms with Crippen LogP contribution in [0.15, 0.2) is 48.7 Å². The number of carbonyl (C=O) groups excluding carboxylic acids is 1. The van der Waals surface area contributed by atoms with Crippen molar-refractivity contribution >= 4 is 22.6 Å². The highest BCUT2D eigenvalue weighted by Gasteiger charge is 2.07. The van der Waals surface area contributed by atoms with Crippen LogP contribution in [0.3, 0.4) is 0 Å². The number of aromatic amines is 1. The minimum Gasteiger partial charge on any atom is -0.464 e. The SMILES string of the molecule is COC(=O)c1ccc(CNc2cnc3ccccc3c2)[nH]1. The summed E-state index contributed by atoms with van der Waals surface area (Å²) in [7, 11) is 1.36. The number of rotatable bonds is 4. The highest BCUT2D eigenvalue weighted by Crippen LogP contribution is 2.16. The maximum atomic E-state index is 11.4. The standard InChI is InChI=1S/C16H15N3O2/c1-21-16(20)15-7-6-12(19-15)9-17-13-8-11-4-2-3-5-14(11)18-10-13/h2-8,10,17,19H,9H2,1H3. The van der Waals surface area contributed by atoms with Crippen molar-refractivity contribution in [3.8, 4) is 0 Å². The number of H-pyrrole nitrogens is 1. The van der Waals surface area contributed by atoms with Gasteiger partial charge in [0.15, 0.2) is 0 Å². The Balaban J connectivity index is 1.71. The molecule has 21 heavy (non-hydrogen) atoms. The van der Waals surface area contributed by atoms with Gasteiger partial charge >= 0.3 is 5.97 Å². The van der Waals surface area contributed by atoms with Crippen molar-refractivity contribution in [3.63, 3.8) is 0 Å². The van der Waals surface area contributed by atoms with Crippen LogP contribution in [-0.2, 0) is 11.3 Å². The molecular formula is C16H15N3O2. The maximum absolute atomic E-state index is 11.4. The van der Waals surface area contributed by atoms with E-state index in [9.17, 15) is 4.79 Å². The van der Waals surface area contributed by atoms with Crippen molar-refractivity contribution in [1.29, 1.82) is 0 Å². The van der Waals surface area contributed by atoms with Gasteiger partial charge in [0.25, 0.3) is 0 Å². The van der Waals surface area contributed by atoms with Crippen LogP contribution in [-0.4, -0.2) is 23.0 Å². The number of ether oxygens (including phenoxy) is 1. The van der Waals surface area contributed by atoms with Gasteiger partial charge in [-0.15, -0.1) is 0 Å². The van der Waals surface area contributed by atoms with Crippen molar-refractivity contribution in [2.45, 2.75) is 6.54 Å². The summed E-state index contributed by atoms with van der Waals surface area (Å²) in [6.45, 7) is 0.580. The third-order valence-electron chi connectivity index (χ3n) is 3.23. The van der Waals surface area contributed by atoms with Crippen LogP contribution in [0.5, 0.6) is 0 Å². The first-order chi connectivity index (χ1) is 10.3. The Labute approximate surface area is 122 Å². The highest BCUT2D eigenvalue weighted by atomic mass is 16.5. The second kappa shape index (κ2) is 5.66. The van der Waals surface area contributed by atoms with Gasteiger partial charge in [-0.2, -0.15) is 0 Å². The summed E-state index contributed by atoms with van der Waals surface area (Å²) >= 11 is 0. The molecule has 3 rings (SSSR count). The molecule has 0 saturated carbocycles. The summed E-state index contributed by atoms with van der Waals surface area (Å²) in [4.78, 5) is 18.8. The number of nitrogens with one attached hydrogen (secondary N) is 2. The fourth-order valence-corrected chi connectivity index (χ4v) is 2.14. The predicted octanol–water partition coefficient (Wildman–Crippen LogP) is 2.96. The lowest BCUT2D eigenvalue weighted by Crippen LogP contribution is -2.04. The molecule has 0 bridgehead atoms. The lowest BCUT2D eigenvalue weighted by atomic mass is 10.2. The van der Waals surface area contributed by atoms with Gasteiger partial charge in [0.2, 0.25) is 0 Å². The first kappa shape index (κ1) is 13.2. The summed E-state index contributed by atoms with van der Waals surface area (Å²) in [6, 6.07) is 13.6. The summed E-state index contributed by atoms with van der Waals surface area (Å²) in [5.74, 6) is -0.367. The van der Waals surface area contributed by atoms with Crippen LogP contribution in [0.25, 0.3) is 10.9 Å². The van der Waals surface area contributed by atoms with Crippen LogP contribution in [0.1, 0.15) is 16.2 Å². The lowest BCUT2D eigenvalue weighted by Gasteiger charge is -2.06. The van der Waals surface area contributed by atoms with Crippen LogP contribution < -0.4 is 5.32 Å². The first-order valence-electron chi connectivity index (χ1n) is 6.61. The Morgan fingerprint density at radius 3 is 3.00 bits per heavy atom. The second-order valence-electron chi connectivity index (χ2n) is 4.66. The van der Waals surface area contributed by atoms with E-state index in [1.54, 1.807) is 12.3 Å². The average Bonchev–Trinajstić information content (AvgIpc) is 3.01. The van der Waals surface area contributed by atoms with E-state index in [0.29, 0.717) is 12.2 Å². The van der Waals surface area contributed by atoms with Crippen molar-refractivity contribution in [2.24, 2.45) is 0 Å².